The Hall–Kier alpha value is -1.69. The van der Waals surface area contributed by atoms with Crippen LogP contribution >= 0.6 is 0 Å². The molecule has 0 fully saturated rings. The Morgan fingerprint density at radius 3 is 2.81 bits per heavy atom. The predicted octanol–water partition coefficient (Wildman–Crippen LogP) is -0.0504. The van der Waals surface area contributed by atoms with Gasteiger partial charge in [0, 0.05) is 31.9 Å². The Bertz CT molecular complexity index is 455. The first-order valence-electron chi connectivity index (χ1n) is 5.25. The minimum atomic E-state index is 0.112. The number of aromatic nitrogens is 5. The summed E-state index contributed by atoms with van der Waals surface area (Å²) in [6, 6.07) is 0.112. The Morgan fingerprint density at radius 1 is 1.38 bits per heavy atom. The van der Waals surface area contributed by atoms with Gasteiger partial charge in [0.05, 0.1) is 6.54 Å². The van der Waals surface area contributed by atoms with Crippen molar-refractivity contribution in [3.05, 3.63) is 30.4 Å². The second-order valence-electron chi connectivity index (χ2n) is 3.95. The fourth-order valence-electron chi connectivity index (χ4n) is 1.58. The van der Waals surface area contributed by atoms with Crippen LogP contribution in [0, 0.1) is 0 Å². The van der Waals surface area contributed by atoms with Gasteiger partial charge in [0.25, 0.3) is 0 Å². The van der Waals surface area contributed by atoms with Crippen LogP contribution in [0.4, 0.5) is 0 Å². The van der Waals surface area contributed by atoms with E-state index in [1.54, 1.807) is 17.2 Å². The molecule has 2 aromatic rings. The molecule has 6 heteroatoms. The zero-order valence-corrected chi connectivity index (χ0v) is 9.54. The van der Waals surface area contributed by atoms with Gasteiger partial charge in [-0.1, -0.05) is 0 Å². The van der Waals surface area contributed by atoms with E-state index in [1.807, 2.05) is 24.7 Å². The highest BCUT2D eigenvalue weighted by molar-refractivity contribution is 4.98. The number of nitrogens with zero attached hydrogens (tertiary/aromatic N) is 5. The van der Waals surface area contributed by atoms with Crippen LogP contribution in [0.2, 0.25) is 0 Å². The first-order valence-corrected chi connectivity index (χ1v) is 5.25. The summed E-state index contributed by atoms with van der Waals surface area (Å²) in [6.45, 7) is 2.65. The lowest BCUT2D eigenvalue weighted by atomic mass is 10.2. The van der Waals surface area contributed by atoms with Gasteiger partial charge in [0.2, 0.25) is 0 Å². The average molecular weight is 220 g/mol. The van der Waals surface area contributed by atoms with Crippen LogP contribution in [0.15, 0.2) is 18.7 Å². The second-order valence-corrected chi connectivity index (χ2v) is 3.95. The minimum Gasteiger partial charge on any atom is -0.328 e. The molecule has 1 atom stereocenters. The van der Waals surface area contributed by atoms with Crippen molar-refractivity contribution in [2.24, 2.45) is 12.8 Å². The van der Waals surface area contributed by atoms with E-state index in [0.29, 0.717) is 6.54 Å². The lowest BCUT2D eigenvalue weighted by molar-refractivity contribution is 0.608. The van der Waals surface area contributed by atoms with Crippen molar-refractivity contribution in [3.63, 3.8) is 0 Å². The zero-order chi connectivity index (χ0) is 11.5. The molecule has 0 saturated heterocycles. The highest BCUT2D eigenvalue weighted by atomic mass is 15.3. The van der Waals surface area contributed by atoms with Crippen LogP contribution in [-0.2, 0) is 20.0 Å². The molecule has 2 rings (SSSR count). The van der Waals surface area contributed by atoms with Crippen molar-refractivity contribution in [1.29, 1.82) is 0 Å². The largest absolute Gasteiger partial charge is 0.328 e. The van der Waals surface area contributed by atoms with E-state index in [0.717, 1.165) is 18.1 Å². The third-order valence-electron chi connectivity index (χ3n) is 2.42. The van der Waals surface area contributed by atoms with Gasteiger partial charge in [-0.25, -0.2) is 9.97 Å². The molecule has 2 N–H and O–H groups in total. The van der Waals surface area contributed by atoms with Crippen LogP contribution in [0.3, 0.4) is 0 Å². The molecule has 0 saturated carbocycles. The molecular weight excluding hydrogens is 204 g/mol. The lowest BCUT2D eigenvalue weighted by Gasteiger charge is -2.08. The standard InChI is InChI=1S/C10H16N6/c1-8(11)5-9-12-3-4-16(9)6-10-13-7-14-15(10)2/h3-4,7-8H,5-6,11H2,1-2H3. The summed E-state index contributed by atoms with van der Waals surface area (Å²) in [5.74, 6) is 1.89. The molecule has 0 aliphatic rings. The number of nitrogens with two attached hydrogens (primary N) is 1. The third-order valence-corrected chi connectivity index (χ3v) is 2.42. The summed E-state index contributed by atoms with van der Waals surface area (Å²) in [5.41, 5.74) is 5.77. The molecular formula is C10H16N6. The van der Waals surface area contributed by atoms with Crippen LogP contribution in [0.5, 0.6) is 0 Å². The first kappa shape index (κ1) is 10.8. The number of imidazole rings is 1. The molecule has 2 heterocycles. The van der Waals surface area contributed by atoms with Crippen molar-refractivity contribution < 1.29 is 0 Å². The normalized spacial score (nSPS) is 12.9. The molecule has 0 bridgehead atoms. The molecule has 0 spiro atoms. The van der Waals surface area contributed by atoms with E-state index in [1.165, 1.54) is 0 Å². The van der Waals surface area contributed by atoms with Gasteiger partial charge >= 0.3 is 0 Å². The van der Waals surface area contributed by atoms with Gasteiger partial charge in [0.1, 0.15) is 18.0 Å². The third kappa shape index (κ3) is 2.27. The molecule has 0 aliphatic carbocycles. The van der Waals surface area contributed by atoms with Crippen LogP contribution in [0.1, 0.15) is 18.6 Å². The maximum atomic E-state index is 5.77. The molecule has 0 aromatic carbocycles. The summed E-state index contributed by atoms with van der Waals surface area (Å²) < 4.78 is 3.81. The van der Waals surface area contributed by atoms with Crippen molar-refractivity contribution in [1.82, 2.24) is 24.3 Å². The first-order chi connectivity index (χ1) is 7.66. The van der Waals surface area contributed by atoms with Crippen molar-refractivity contribution in [2.45, 2.75) is 25.9 Å². The number of hydrogen-bond donors (Lipinski definition) is 1. The molecule has 16 heavy (non-hydrogen) atoms. The maximum Gasteiger partial charge on any atom is 0.146 e. The van der Waals surface area contributed by atoms with Gasteiger partial charge in [0.15, 0.2) is 0 Å². The lowest BCUT2D eigenvalue weighted by Crippen LogP contribution is -2.21. The van der Waals surface area contributed by atoms with E-state index < -0.39 is 0 Å². The highest BCUT2D eigenvalue weighted by Gasteiger charge is 2.08. The highest BCUT2D eigenvalue weighted by Crippen LogP contribution is 2.04. The topological polar surface area (TPSA) is 74.6 Å². The Kier molecular flexibility index (Phi) is 3.00. The Labute approximate surface area is 94.1 Å². The average Bonchev–Trinajstić information content (AvgIpc) is 2.78. The quantitative estimate of drug-likeness (QED) is 0.784. The van der Waals surface area contributed by atoms with Crippen molar-refractivity contribution >= 4 is 0 Å². The van der Waals surface area contributed by atoms with Gasteiger partial charge < -0.3 is 10.3 Å². The number of hydrogen-bond acceptors (Lipinski definition) is 4. The van der Waals surface area contributed by atoms with E-state index in [9.17, 15) is 0 Å². The van der Waals surface area contributed by atoms with E-state index in [-0.39, 0.29) is 6.04 Å². The predicted molar refractivity (Wildman–Crippen MR) is 59.7 cm³/mol. The smallest absolute Gasteiger partial charge is 0.146 e. The van der Waals surface area contributed by atoms with Gasteiger partial charge in [-0.2, -0.15) is 5.10 Å². The van der Waals surface area contributed by atoms with Crippen LogP contribution < -0.4 is 5.73 Å². The number of aryl methyl sites for hydroxylation is 1. The van der Waals surface area contributed by atoms with Crippen LogP contribution in [0.25, 0.3) is 0 Å². The van der Waals surface area contributed by atoms with Crippen molar-refractivity contribution in [2.75, 3.05) is 0 Å². The molecule has 86 valence electrons. The fourth-order valence-corrected chi connectivity index (χ4v) is 1.58. The van der Waals surface area contributed by atoms with Crippen molar-refractivity contribution in [3.8, 4) is 0 Å². The zero-order valence-electron chi connectivity index (χ0n) is 9.54. The van der Waals surface area contributed by atoms with E-state index in [2.05, 4.69) is 15.1 Å². The molecule has 0 amide bonds. The van der Waals surface area contributed by atoms with E-state index in [4.69, 9.17) is 5.73 Å². The Balaban J connectivity index is 2.16. The summed E-state index contributed by atoms with van der Waals surface area (Å²) in [7, 11) is 1.88. The monoisotopic (exact) mass is 220 g/mol. The summed E-state index contributed by atoms with van der Waals surface area (Å²) in [5, 5.41) is 4.03. The summed E-state index contributed by atoms with van der Waals surface area (Å²) in [4.78, 5) is 8.47. The SMILES string of the molecule is CC(N)Cc1nccn1Cc1ncnn1C. The molecule has 2 aromatic heterocycles. The van der Waals surface area contributed by atoms with E-state index >= 15 is 0 Å². The van der Waals surface area contributed by atoms with Crippen LogP contribution in [-0.4, -0.2) is 30.4 Å². The van der Waals surface area contributed by atoms with Gasteiger partial charge in [-0.05, 0) is 6.92 Å². The summed E-state index contributed by atoms with van der Waals surface area (Å²) in [6.07, 6.45) is 6.04. The minimum absolute atomic E-state index is 0.112. The fraction of sp³-hybridized carbons (Fsp3) is 0.500. The molecule has 0 radical (unpaired) electrons. The molecule has 6 nitrogen and oxygen atoms in total. The molecule has 0 aliphatic heterocycles. The molecule has 1 unspecified atom stereocenters. The van der Waals surface area contributed by atoms with Gasteiger partial charge in [-0.15, -0.1) is 0 Å². The van der Waals surface area contributed by atoms with Gasteiger partial charge in [-0.3, -0.25) is 4.68 Å². The second kappa shape index (κ2) is 4.44. The number of rotatable bonds is 4. The summed E-state index contributed by atoms with van der Waals surface area (Å²) >= 11 is 0. The maximum absolute atomic E-state index is 5.77. The Morgan fingerprint density at radius 2 is 2.19 bits per heavy atom.